The highest BCUT2D eigenvalue weighted by Crippen LogP contribution is 2.33. The number of benzene rings is 1. The molecule has 1 saturated heterocycles. The van der Waals surface area contributed by atoms with Crippen molar-refractivity contribution in [2.24, 2.45) is 5.73 Å². The predicted octanol–water partition coefficient (Wildman–Crippen LogP) is 0.683. The standard InChI is InChI=1S/C17H20N6O3S/c1-22-10-17(11-22,7-8-18)23-9-14(15(19)24)16(21-23)20-12-3-5-13(6-4-12)27(2,25)26/h3-6,9H,7,10-11H2,1-2H3,(H2,19,24)(H,20,21). The Labute approximate surface area is 157 Å². The van der Waals surface area contributed by atoms with E-state index in [9.17, 15) is 13.2 Å². The van der Waals surface area contributed by atoms with Crippen molar-refractivity contribution >= 4 is 27.2 Å². The van der Waals surface area contributed by atoms with Gasteiger partial charge >= 0.3 is 0 Å². The molecule has 1 fully saturated rings. The van der Waals surface area contributed by atoms with Gasteiger partial charge < -0.3 is 16.0 Å². The highest BCUT2D eigenvalue weighted by Gasteiger charge is 2.44. The molecule has 0 aliphatic carbocycles. The van der Waals surface area contributed by atoms with E-state index in [4.69, 9.17) is 11.0 Å². The zero-order chi connectivity index (χ0) is 19.8. The SMILES string of the molecule is CN1CC(CC#N)(n2cc(C(N)=O)c(Nc3ccc(S(C)(=O)=O)cc3)n2)C1. The van der Waals surface area contributed by atoms with Crippen molar-refractivity contribution in [1.82, 2.24) is 14.7 Å². The van der Waals surface area contributed by atoms with E-state index in [0.717, 1.165) is 6.26 Å². The maximum Gasteiger partial charge on any atom is 0.254 e. The topological polar surface area (TPSA) is 134 Å². The number of rotatable bonds is 6. The van der Waals surface area contributed by atoms with Crippen LogP contribution in [-0.2, 0) is 15.4 Å². The van der Waals surface area contributed by atoms with E-state index in [-0.39, 0.29) is 22.7 Å². The lowest BCUT2D eigenvalue weighted by Crippen LogP contribution is -2.61. The summed E-state index contributed by atoms with van der Waals surface area (Å²) in [6, 6.07) is 8.29. The molecule has 0 radical (unpaired) electrons. The van der Waals surface area contributed by atoms with Crippen LogP contribution in [0.3, 0.4) is 0 Å². The number of sulfone groups is 1. The van der Waals surface area contributed by atoms with Crippen LogP contribution in [0.5, 0.6) is 0 Å². The third-order valence-electron chi connectivity index (χ3n) is 4.55. The smallest absolute Gasteiger partial charge is 0.254 e. The average Bonchev–Trinajstić information content (AvgIpc) is 2.97. The first-order valence-electron chi connectivity index (χ1n) is 8.17. The van der Waals surface area contributed by atoms with Gasteiger partial charge in [-0.2, -0.15) is 10.4 Å². The largest absolute Gasteiger partial charge is 0.365 e. The Kier molecular flexibility index (Phi) is 4.67. The molecule has 3 rings (SSSR count). The number of carbonyl (C=O) groups excluding carboxylic acids is 1. The second kappa shape index (κ2) is 6.68. The van der Waals surface area contributed by atoms with Gasteiger partial charge in [0.2, 0.25) is 0 Å². The Bertz CT molecular complexity index is 1010. The number of likely N-dealkylation sites (N-methyl/N-ethyl adjacent to an activating group) is 1. The van der Waals surface area contributed by atoms with Crippen LogP contribution in [0.2, 0.25) is 0 Å². The van der Waals surface area contributed by atoms with Crippen molar-refractivity contribution in [1.29, 1.82) is 5.26 Å². The molecule has 0 atom stereocenters. The molecular formula is C17H20N6O3S. The number of nitrogens with one attached hydrogen (secondary N) is 1. The first kappa shape index (κ1) is 18.9. The van der Waals surface area contributed by atoms with Gasteiger partial charge in [0, 0.05) is 31.2 Å². The van der Waals surface area contributed by atoms with Gasteiger partial charge in [-0.25, -0.2) is 8.42 Å². The van der Waals surface area contributed by atoms with E-state index >= 15 is 0 Å². The summed E-state index contributed by atoms with van der Waals surface area (Å²) < 4.78 is 24.7. The molecule has 0 unspecified atom stereocenters. The van der Waals surface area contributed by atoms with Crippen LogP contribution in [0.4, 0.5) is 11.5 Å². The Morgan fingerprint density at radius 2 is 2.00 bits per heavy atom. The average molecular weight is 388 g/mol. The number of nitrogens with zero attached hydrogens (tertiary/aromatic N) is 4. The molecule has 142 valence electrons. The Morgan fingerprint density at radius 3 is 2.48 bits per heavy atom. The van der Waals surface area contributed by atoms with Gasteiger partial charge in [-0.05, 0) is 31.3 Å². The van der Waals surface area contributed by atoms with Crippen LogP contribution in [0.25, 0.3) is 0 Å². The lowest BCUT2D eigenvalue weighted by Gasteiger charge is -2.47. The zero-order valence-electron chi connectivity index (χ0n) is 15.0. The molecule has 1 aliphatic rings. The minimum atomic E-state index is -3.29. The van der Waals surface area contributed by atoms with Gasteiger partial charge in [-0.15, -0.1) is 0 Å². The molecule has 1 aromatic heterocycles. The van der Waals surface area contributed by atoms with Crippen molar-refractivity contribution in [3.8, 4) is 6.07 Å². The first-order chi connectivity index (χ1) is 12.6. The number of carbonyl (C=O) groups is 1. The number of nitriles is 1. The Balaban J connectivity index is 1.93. The summed E-state index contributed by atoms with van der Waals surface area (Å²) >= 11 is 0. The minimum absolute atomic E-state index is 0.194. The van der Waals surface area contributed by atoms with Crippen LogP contribution in [-0.4, -0.2) is 55.4 Å². The fourth-order valence-electron chi connectivity index (χ4n) is 3.26. The fraction of sp³-hybridized carbons (Fsp3) is 0.353. The summed E-state index contributed by atoms with van der Waals surface area (Å²) in [4.78, 5) is 14.1. The van der Waals surface area contributed by atoms with Gasteiger partial charge in [-0.3, -0.25) is 9.48 Å². The third kappa shape index (κ3) is 3.65. The molecule has 0 spiro atoms. The highest BCUT2D eigenvalue weighted by molar-refractivity contribution is 7.90. The van der Waals surface area contributed by atoms with E-state index in [1.807, 2.05) is 7.05 Å². The second-order valence-electron chi connectivity index (χ2n) is 6.85. The Hall–Kier alpha value is -2.90. The van der Waals surface area contributed by atoms with E-state index in [1.54, 1.807) is 23.0 Å². The van der Waals surface area contributed by atoms with E-state index in [1.165, 1.54) is 12.1 Å². The molecular weight excluding hydrogens is 368 g/mol. The second-order valence-corrected chi connectivity index (χ2v) is 8.87. The number of primary amides is 1. The number of aromatic nitrogens is 2. The summed E-state index contributed by atoms with van der Waals surface area (Å²) in [5.74, 6) is -0.377. The number of amides is 1. The van der Waals surface area contributed by atoms with Gasteiger partial charge in [0.05, 0.1) is 17.4 Å². The normalized spacial score (nSPS) is 16.3. The number of nitrogens with two attached hydrogens (primary N) is 1. The van der Waals surface area contributed by atoms with Crippen molar-refractivity contribution in [2.45, 2.75) is 16.9 Å². The van der Waals surface area contributed by atoms with Crippen molar-refractivity contribution in [2.75, 3.05) is 31.7 Å². The fourth-order valence-corrected chi connectivity index (χ4v) is 3.89. The summed E-state index contributed by atoms with van der Waals surface area (Å²) in [5, 5.41) is 16.6. The summed E-state index contributed by atoms with van der Waals surface area (Å²) in [5.41, 5.74) is 5.76. The molecule has 9 nitrogen and oxygen atoms in total. The summed E-state index contributed by atoms with van der Waals surface area (Å²) in [6.07, 6.45) is 2.95. The number of likely N-dealkylation sites (tertiary alicyclic amines) is 1. The van der Waals surface area contributed by atoms with Crippen molar-refractivity contribution in [3.63, 3.8) is 0 Å². The summed E-state index contributed by atoms with van der Waals surface area (Å²) in [7, 11) is -1.35. The van der Waals surface area contributed by atoms with Crippen LogP contribution in [0.1, 0.15) is 16.8 Å². The third-order valence-corrected chi connectivity index (χ3v) is 5.68. The van der Waals surface area contributed by atoms with Crippen LogP contribution < -0.4 is 11.1 Å². The molecule has 3 N–H and O–H groups in total. The van der Waals surface area contributed by atoms with Crippen LogP contribution >= 0.6 is 0 Å². The number of hydrogen-bond acceptors (Lipinski definition) is 7. The van der Waals surface area contributed by atoms with Gasteiger partial charge in [0.15, 0.2) is 15.7 Å². The molecule has 1 aliphatic heterocycles. The maximum absolute atomic E-state index is 11.8. The molecule has 27 heavy (non-hydrogen) atoms. The Morgan fingerprint density at radius 1 is 1.37 bits per heavy atom. The molecule has 2 heterocycles. The van der Waals surface area contributed by atoms with Crippen LogP contribution in [0.15, 0.2) is 35.4 Å². The highest BCUT2D eigenvalue weighted by atomic mass is 32.2. The van der Waals surface area contributed by atoms with Crippen molar-refractivity contribution in [3.05, 3.63) is 36.0 Å². The maximum atomic E-state index is 11.8. The quantitative estimate of drug-likeness (QED) is 0.743. The predicted molar refractivity (Wildman–Crippen MR) is 99.3 cm³/mol. The first-order valence-corrected chi connectivity index (χ1v) is 10.1. The zero-order valence-corrected chi connectivity index (χ0v) is 15.8. The van der Waals surface area contributed by atoms with Gasteiger partial charge in [-0.1, -0.05) is 0 Å². The molecule has 1 amide bonds. The lowest BCUT2D eigenvalue weighted by molar-refractivity contribution is 0.0267. The minimum Gasteiger partial charge on any atom is -0.365 e. The van der Waals surface area contributed by atoms with Crippen LogP contribution in [0, 0.1) is 11.3 Å². The van der Waals surface area contributed by atoms with E-state index < -0.39 is 21.3 Å². The van der Waals surface area contributed by atoms with Gasteiger partial charge in [0.1, 0.15) is 11.1 Å². The monoisotopic (exact) mass is 388 g/mol. The molecule has 0 bridgehead atoms. The molecule has 2 aromatic rings. The number of anilines is 2. The van der Waals surface area contributed by atoms with Crippen molar-refractivity contribution < 1.29 is 13.2 Å². The molecule has 0 saturated carbocycles. The van der Waals surface area contributed by atoms with E-state index in [2.05, 4.69) is 21.4 Å². The summed E-state index contributed by atoms with van der Waals surface area (Å²) in [6.45, 7) is 1.28. The molecule has 1 aromatic carbocycles. The molecule has 10 heteroatoms. The number of hydrogen-bond donors (Lipinski definition) is 2. The van der Waals surface area contributed by atoms with E-state index in [0.29, 0.717) is 18.8 Å². The lowest BCUT2D eigenvalue weighted by atomic mass is 9.87. The van der Waals surface area contributed by atoms with Gasteiger partial charge in [0.25, 0.3) is 5.91 Å².